The molecule has 132 valence electrons. The van der Waals surface area contributed by atoms with Crippen LogP contribution in [-0.2, 0) is 4.74 Å². The number of amides is 2. The number of hydrogen-bond donors (Lipinski definition) is 0. The van der Waals surface area contributed by atoms with Crippen molar-refractivity contribution in [1.29, 1.82) is 0 Å². The summed E-state index contributed by atoms with van der Waals surface area (Å²) >= 11 is 5.83. The summed E-state index contributed by atoms with van der Waals surface area (Å²) in [7, 11) is 0. The summed E-state index contributed by atoms with van der Waals surface area (Å²) in [6.07, 6.45) is 2.79. The lowest BCUT2D eigenvalue weighted by molar-refractivity contribution is 0.0200. The maximum Gasteiger partial charge on any atom is 0.410 e. The Morgan fingerprint density at radius 1 is 1.42 bits per heavy atom. The second-order valence-electron chi connectivity index (χ2n) is 6.99. The molecule has 1 atom stereocenters. The Morgan fingerprint density at radius 2 is 2.12 bits per heavy atom. The van der Waals surface area contributed by atoms with Gasteiger partial charge in [0, 0.05) is 19.3 Å². The molecule has 2 rings (SSSR count). The minimum Gasteiger partial charge on any atom is -0.444 e. The highest BCUT2D eigenvalue weighted by Crippen LogP contribution is 2.26. The van der Waals surface area contributed by atoms with E-state index in [0.29, 0.717) is 18.9 Å². The number of nitrogens with zero attached hydrogens (tertiary/aromatic N) is 3. The van der Waals surface area contributed by atoms with Gasteiger partial charge in [-0.1, -0.05) is 6.07 Å². The van der Waals surface area contributed by atoms with Gasteiger partial charge in [0.15, 0.2) is 0 Å². The number of likely N-dealkylation sites (tertiary alicyclic amines) is 1. The molecular formula is C17H24ClN3O3. The van der Waals surface area contributed by atoms with Crippen LogP contribution in [0.4, 0.5) is 15.4 Å². The van der Waals surface area contributed by atoms with Crippen LogP contribution in [0, 0.1) is 6.92 Å². The standard InChI is InChI=1S/C17H24ClN3O3/c1-12-7-5-9-19-14(12)21(15(18)22)13-8-6-10-20(11-13)16(23)24-17(2,3)4/h5,7,9,13H,6,8,10-11H2,1-4H3/t13-/m1/s1. The second kappa shape index (κ2) is 7.38. The lowest BCUT2D eigenvalue weighted by Crippen LogP contribution is -2.52. The number of halogens is 1. The van der Waals surface area contributed by atoms with Gasteiger partial charge in [-0.3, -0.25) is 9.69 Å². The highest BCUT2D eigenvalue weighted by Gasteiger charge is 2.33. The monoisotopic (exact) mass is 353 g/mol. The van der Waals surface area contributed by atoms with Crippen molar-refractivity contribution < 1.29 is 14.3 Å². The Morgan fingerprint density at radius 3 is 2.71 bits per heavy atom. The molecule has 0 radical (unpaired) electrons. The van der Waals surface area contributed by atoms with Crippen molar-refractivity contribution in [3.63, 3.8) is 0 Å². The third kappa shape index (κ3) is 4.60. The molecule has 1 saturated heterocycles. The zero-order valence-corrected chi connectivity index (χ0v) is 15.3. The van der Waals surface area contributed by atoms with Crippen molar-refractivity contribution in [2.45, 2.75) is 52.2 Å². The minimum atomic E-state index is -0.590. The highest BCUT2D eigenvalue weighted by atomic mass is 35.5. The number of aryl methyl sites for hydroxylation is 1. The number of piperidine rings is 1. The van der Waals surface area contributed by atoms with E-state index in [9.17, 15) is 9.59 Å². The molecule has 6 nitrogen and oxygen atoms in total. The van der Waals surface area contributed by atoms with Crippen molar-refractivity contribution in [1.82, 2.24) is 9.88 Å². The second-order valence-corrected chi connectivity index (χ2v) is 7.31. The van der Waals surface area contributed by atoms with Gasteiger partial charge in [0.25, 0.3) is 0 Å². The molecule has 0 bridgehead atoms. The molecule has 2 amide bonds. The minimum absolute atomic E-state index is 0.218. The zero-order valence-electron chi connectivity index (χ0n) is 14.6. The average Bonchev–Trinajstić information content (AvgIpc) is 2.48. The van der Waals surface area contributed by atoms with Crippen LogP contribution < -0.4 is 4.90 Å². The van der Waals surface area contributed by atoms with Gasteiger partial charge < -0.3 is 9.64 Å². The van der Waals surface area contributed by atoms with Crippen molar-refractivity contribution in [3.8, 4) is 0 Å². The molecule has 0 saturated carbocycles. The van der Waals surface area contributed by atoms with Crippen LogP contribution in [0.25, 0.3) is 0 Å². The summed E-state index contributed by atoms with van der Waals surface area (Å²) in [6.45, 7) is 8.36. The number of aromatic nitrogens is 1. The first-order valence-electron chi connectivity index (χ1n) is 8.07. The normalized spacial score (nSPS) is 18.2. The molecule has 0 unspecified atom stereocenters. The lowest BCUT2D eigenvalue weighted by Gasteiger charge is -2.38. The molecule has 0 aliphatic carbocycles. The van der Waals surface area contributed by atoms with Gasteiger partial charge in [-0.05, 0) is 63.8 Å². The molecular weight excluding hydrogens is 330 g/mol. The number of pyridine rings is 1. The Kier molecular flexibility index (Phi) is 5.70. The maximum absolute atomic E-state index is 12.3. The summed E-state index contributed by atoms with van der Waals surface area (Å²) in [5.74, 6) is 0.536. The summed E-state index contributed by atoms with van der Waals surface area (Å²) in [5.41, 5.74) is 0.310. The largest absolute Gasteiger partial charge is 0.444 e. The zero-order chi connectivity index (χ0) is 17.9. The molecule has 7 heteroatoms. The molecule has 1 aromatic rings. The van der Waals surface area contributed by atoms with Crippen molar-refractivity contribution >= 4 is 28.9 Å². The van der Waals surface area contributed by atoms with Crippen molar-refractivity contribution in [3.05, 3.63) is 23.9 Å². The Labute approximate surface area is 147 Å². The van der Waals surface area contributed by atoms with E-state index >= 15 is 0 Å². The Hall–Kier alpha value is -1.82. The van der Waals surface area contributed by atoms with E-state index in [-0.39, 0.29) is 12.1 Å². The SMILES string of the molecule is Cc1cccnc1N(C(=O)Cl)[C@@H]1CCCN(C(=O)OC(C)(C)C)C1. The smallest absolute Gasteiger partial charge is 0.410 e. The van der Waals surface area contributed by atoms with E-state index in [1.807, 2.05) is 39.8 Å². The summed E-state index contributed by atoms with van der Waals surface area (Å²) in [5, 5.41) is -0.590. The fraction of sp³-hybridized carbons (Fsp3) is 0.588. The lowest BCUT2D eigenvalue weighted by atomic mass is 10.0. The van der Waals surface area contributed by atoms with Crippen molar-refractivity contribution in [2.75, 3.05) is 18.0 Å². The third-order valence-corrected chi connectivity index (χ3v) is 3.99. The Balaban J connectivity index is 2.18. The number of rotatable bonds is 2. The van der Waals surface area contributed by atoms with Crippen LogP contribution in [0.15, 0.2) is 18.3 Å². The Bertz CT molecular complexity index is 615. The number of anilines is 1. The maximum atomic E-state index is 12.3. The number of carbonyl (C=O) groups excluding carboxylic acids is 2. The predicted octanol–water partition coefficient (Wildman–Crippen LogP) is 3.95. The quantitative estimate of drug-likeness (QED) is 0.596. The van der Waals surface area contributed by atoms with E-state index in [0.717, 1.165) is 18.4 Å². The van der Waals surface area contributed by atoms with Gasteiger partial charge in [-0.25, -0.2) is 9.78 Å². The number of ether oxygens (including phenoxy) is 1. The van der Waals surface area contributed by atoms with Gasteiger partial charge >= 0.3 is 11.5 Å². The van der Waals surface area contributed by atoms with Gasteiger partial charge in [0.2, 0.25) is 0 Å². The van der Waals surface area contributed by atoms with Gasteiger partial charge in [-0.15, -0.1) is 0 Å². The fourth-order valence-corrected chi connectivity index (χ4v) is 3.01. The van der Waals surface area contributed by atoms with Crippen LogP contribution in [0.3, 0.4) is 0 Å². The predicted molar refractivity (Wildman–Crippen MR) is 93.5 cm³/mol. The van der Waals surface area contributed by atoms with Gasteiger partial charge in [-0.2, -0.15) is 0 Å². The van der Waals surface area contributed by atoms with Crippen molar-refractivity contribution in [2.24, 2.45) is 0 Å². The first-order valence-corrected chi connectivity index (χ1v) is 8.45. The molecule has 0 spiro atoms. The first-order chi connectivity index (χ1) is 11.2. The summed E-state index contributed by atoms with van der Waals surface area (Å²) in [4.78, 5) is 31.7. The molecule has 0 N–H and O–H groups in total. The highest BCUT2D eigenvalue weighted by molar-refractivity contribution is 6.66. The molecule has 24 heavy (non-hydrogen) atoms. The average molecular weight is 354 g/mol. The van der Waals surface area contributed by atoms with E-state index < -0.39 is 11.0 Å². The van der Waals surface area contributed by atoms with Crippen LogP contribution in [0.2, 0.25) is 0 Å². The van der Waals surface area contributed by atoms with Gasteiger partial charge in [0.1, 0.15) is 11.4 Å². The topological polar surface area (TPSA) is 62.7 Å². The first kappa shape index (κ1) is 18.5. The molecule has 1 aliphatic heterocycles. The summed E-state index contributed by atoms with van der Waals surface area (Å²) in [6, 6.07) is 3.47. The summed E-state index contributed by atoms with van der Waals surface area (Å²) < 4.78 is 5.43. The molecule has 1 aliphatic rings. The third-order valence-electron chi connectivity index (χ3n) is 3.81. The van der Waals surface area contributed by atoms with E-state index in [1.165, 1.54) is 4.90 Å². The molecule has 2 heterocycles. The molecule has 1 aromatic heterocycles. The fourth-order valence-electron chi connectivity index (χ4n) is 2.79. The van der Waals surface area contributed by atoms with Crippen LogP contribution in [0.1, 0.15) is 39.2 Å². The molecule has 1 fully saturated rings. The number of carbonyl (C=O) groups is 2. The van der Waals surface area contributed by atoms with E-state index in [4.69, 9.17) is 16.3 Å². The van der Waals surface area contributed by atoms with E-state index in [2.05, 4.69) is 4.98 Å². The number of hydrogen-bond acceptors (Lipinski definition) is 4. The van der Waals surface area contributed by atoms with Crippen LogP contribution in [-0.4, -0.2) is 46.1 Å². The van der Waals surface area contributed by atoms with Crippen LogP contribution >= 0.6 is 11.6 Å². The molecule has 0 aromatic carbocycles. The van der Waals surface area contributed by atoms with Gasteiger partial charge in [0.05, 0.1) is 6.04 Å². The van der Waals surface area contributed by atoms with E-state index in [1.54, 1.807) is 11.1 Å². The van der Waals surface area contributed by atoms with Crippen LogP contribution in [0.5, 0.6) is 0 Å².